The Morgan fingerprint density at radius 1 is 1.58 bits per heavy atom. The molecule has 0 bridgehead atoms. The van der Waals surface area contributed by atoms with E-state index in [0.717, 1.165) is 11.3 Å². The van der Waals surface area contributed by atoms with Gasteiger partial charge in [-0.2, -0.15) is 0 Å². The second-order valence-electron chi connectivity index (χ2n) is 2.41. The molecule has 12 heavy (non-hydrogen) atoms. The van der Waals surface area contributed by atoms with E-state index >= 15 is 0 Å². The molecule has 0 aliphatic heterocycles. The summed E-state index contributed by atoms with van der Waals surface area (Å²) in [4.78, 5) is 0. The Kier molecular flexibility index (Phi) is 2.89. The normalized spacial score (nSPS) is 9.50. The van der Waals surface area contributed by atoms with Gasteiger partial charge in [0.15, 0.2) is 5.11 Å². The van der Waals surface area contributed by atoms with Crippen molar-refractivity contribution >= 4 is 34.6 Å². The maximum atomic E-state index is 7.05. The van der Waals surface area contributed by atoms with Crippen molar-refractivity contribution in [2.45, 2.75) is 6.92 Å². The van der Waals surface area contributed by atoms with Gasteiger partial charge >= 0.3 is 0 Å². The summed E-state index contributed by atoms with van der Waals surface area (Å²) in [5.74, 6) is 0. The summed E-state index contributed by atoms with van der Waals surface area (Å²) in [5.41, 5.74) is 8.87. The van der Waals surface area contributed by atoms with Gasteiger partial charge in [-0.15, -0.1) is 0 Å². The minimum Gasteiger partial charge on any atom is -0.331 e. The third kappa shape index (κ3) is 2.36. The van der Waals surface area contributed by atoms with E-state index in [1.165, 1.54) is 0 Å². The highest BCUT2D eigenvalue weighted by Gasteiger charge is 1.98. The standard InChI is InChI=1S/C8H8ClN2S/c1-5-4-6(9)2-3-7(5)11-8(10)12/h2-4,10H,1H3,(H,11,12). The Hall–Kier alpha value is -0.800. The Balaban J connectivity index is 2.93. The zero-order valence-corrected chi connectivity index (χ0v) is 8.09. The van der Waals surface area contributed by atoms with Gasteiger partial charge in [-0.1, -0.05) is 11.6 Å². The summed E-state index contributed by atoms with van der Waals surface area (Å²) >= 11 is 10.3. The van der Waals surface area contributed by atoms with Gasteiger partial charge in [-0.25, -0.2) is 0 Å². The Morgan fingerprint density at radius 3 is 2.75 bits per heavy atom. The van der Waals surface area contributed by atoms with Crippen molar-refractivity contribution in [2.24, 2.45) is 0 Å². The molecule has 0 heterocycles. The Labute approximate surface area is 81.7 Å². The van der Waals surface area contributed by atoms with Crippen LogP contribution >= 0.6 is 23.8 Å². The van der Waals surface area contributed by atoms with E-state index in [9.17, 15) is 0 Å². The fraction of sp³-hybridized carbons (Fsp3) is 0.125. The average Bonchev–Trinajstić information content (AvgIpc) is 1.94. The van der Waals surface area contributed by atoms with Gasteiger partial charge in [-0.3, -0.25) is 5.73 Å². The van der Waals surface area contributed by atoms with Gasteiger partial charge in [0.1, 0.15) is 0 Å². The van der Waals surface area contributed by atoms with Crippen LogP contribution in [0.15, 0.2) is 18.2 Å². The van der Waals surface area contributed by atoms with Crippen LogP contribution in [-0.2, 0) is 0 Å². The van der Waals surface area contributed by atoms with Gasteiger partial charge in [0.25, 0.3) is 0 Å². The van der Waals surface area contributed by atoms with Crippen LogP contribution in [0.5, 0.6) is 0 Å². The maximum absolute atomic E-state index is 7.05. The number of hydrogen-bond donors (Lipinski definition) is 1. The zero-order valence-electron chi connectivity index (χ0n) is 6.52. The first-order valence-electron chi connectivity index (χ1n) is 3.38. The highest BCUT2D eigenvalue weighted by atomic mass is 35.5. The van der Waals surface area contributed by atoms with Crippen LogP contribution in [0.25, 0.3) is 0 Å². The predicted octanol–water partition coefficient (Wildman–Crippen LogP) is 2.63. The van der Waals surface area contributed by atoms with Crippen molar-refractivity contribution in [2.75, 3.05) is 5.32 Å². The van der Waals surface area contributed by atoms with Gasteiger partial charge < -0.3 is 5.32 Å². The smallest absolute Gasteiger partial charge is 0.189 e. The molecule has 1 rings (SSSR count). The lowest BCUT2D eigenvalue weighted by Gasteiger charge is -2.06. The van der Waals surface area contributed by atoms with Crippen molar-refractivity contribution in [3.05, 3.63) is 28.8 Å². The zero-order chi connectivity index (χ0) is 9.14. The van der Waals surface area contributed by atoms with E-state index in [0.29, 0.717) is 5.02 Å². The number of hydrogen-bond acceptors (Lipinski definition) is 1. The first-order valence-corrected chi connectivity index (χ1v) is 4.17. The molecule has 1 aromatic carbocycles. The highest BCUT2D eigenvalue weighted by molar-refractivity contribution is 7.80. The first-order chi connectivity index (χ1) is 5.59. The van der Waals surface area contributed by atoms with E-state index in [-0.39, 0.29) is 5.11 Å². The maximum Gasteiger partial charge on any atom is 0.189 e. The largest absolute Gasteiger partial charge is 0.331 e. The minimum absolute atomic E-state index is 0.0143. The number of benzene rings is 1. The average molecular weight is 200 g/mol. The van der Waals surface area contributed by atoms with Crippen molar-refractivity contribution in [3.63, 3.8) is 0 Å². The van der Waals surface area contributed by atoms with Crippen LogP contribution in [0.2, 0.25) is 5.02 Å². The highest BCUT2D eigenvalue weighted by Crippen LogP contribution is 2.19. The second-order valence-corrected chi connectivity index (χ2v) is 3.26. The molecule has 2 N–H and O–H groups in total. The topological polar surface area (TPSA) is 35.8 Å². The van der Waals surface area contributed by atoms with E-state index < -0.39 is 0 Å². The third-order valence-electron chi connectivity index (χ3n) is 1.44. The summed E-state index contributed by atoms with van der Waals surface area (Å²) in [6, 6.07) is 5.38. The van der Waals surface area contributed by atoms with Crippen molar-refractivity contribution in [3.8, 4) is 0 Å². The molecular formula is C8H8ClN2S. The third-order valence-corrected chi connectivity index (χ3v) is 1.77. The molecule has 0 aromatic heterocycles. The SMILES string of the molecule is Cc1cc(Cl)ccc1NC([NH])=S. The van der Waals surface area contributed by atoms with Crippen LogP contribution < -0.4 is 11.1 Å². The molecule has 0 amide bonds. The van der Waals surface area contributed by atoms with Crippen LogP contribution in [0, 0.1) is 6.92 Å². The van der Waals surface area contributed by atoms with Crippen LogP contribution in [0.1, 0.15) is 5.56 Å². The number of nitrogens with one attached hydrogen (secondary N) is 2. The van der Waals surface area contributed by atoms with Gasteiger partial charge in [0, 0.05) is 10.7 Å². The molecule has 0 aliphatic carbocycles. The van der Waals surface area contributed by atoms with E-state index in [1.54, 1.807) is 12.1 Å². The molecular weight excluding hydrogens is 192 g/mol. The Morgan fingerprint density at radius 2 is 2.25 bits per heavy atom. The number of rotatable bonds is 1. The molecule has 2 nitrogen and oxygen atoms in total. The number of aryl methyl sites for hydroxylation is 1. The minimum atomic E-state index is 0.0143. The summed E-state index contributed by atoms with van der Waals surface area (Å²) in [6.45, 7) is 1.91. The molecule has 4 heteroatoms. The number of halogens is 1. The molecule has 63 valence electrons. The molecule has 0 saturated carbocycles. The lowest BCUT2D eigenvalue weighted by Crippen LogP contribution is -2.09. The molecule has 0 atom stereocenters. The van der Waals surface area contributed by atoms with Crippen molar-refractivity contribution < 1.29 is 0 Å². The summed E-state index contributed by atoms with van der Waals surface area (Å²) < 4.78 is 0. The van der Waals surface area contributed by atoms with Crippen molar-refractivity contribution in [1.82, 2.24) is 5.73 Å². The second kappa shape index (κ2) is 3.74. The quantitative estimate of drug-likeness (QED) is 0.706. The van der Waals surface area contributed by atoms with Crippen LogP contribution in [-0.4, -0.2) is 5.11 Å². The molecule has 0 aliphatic rings. The Bertz CT molecular complexity index is 312. The van der Waals surface area contributed by atoms with Crippen LogP contribution in [0.4, 0.5) is 5.69 Å². The van der Waals surface area contributed by atoms with E-state index in [4.69, 9.17) is 17.3 Å². The summed E-state index contributed by atoms with van der Waals surface area (Å²) in [5, 5.41) is 3.44. The van der Waals surface area contributed by atoms with E-state index in [1.807, 2.05) is 13.0 Å². The predicted molar refractivity (Wildman–Crippen MR) is 55.5 cm³/mol. The molecule has 0 fully saturated rings. The lowest BCUT2D eigenvalue weighted by atomic mass is 10.2. The van der Waals surface area contributed by atoms with Gasteiger partial charge in [0.2, 0.25) is 0 Å². The first kappa shape index (κ1) is 9.29. The van der Waals surface area contributed by atoms with Gasteiger partial charge in [-0.05, 0) is 42.9 Å². The molecule has 0 saturated heterocycles. The van der Waals surface area contributed by atoms with Crippen LogP contribution in [0.3, 0.4) is 0 Å². The number of thiocarbonyl (C=S) groups is 1. The number of anilines is 1. The fourth-order valence-electron chi connectivity index (χ4n) is 0.890. The van der Waals surface area contributed by atoms with Crippen molar-refractivity contribution in [1.29, 1.82) is 0 Å². The van der Waals surface area contributed by atoms with E-state index in [2.05, 4.69) is 17.5 Å². The fourth-order valence-corrected chi connectivity index (χ4v) is 1.23. The monoisotopic (exact) mass is 199 g/mol. The van der Waals surface area contributed by atoms with Gasteiger partial charge in [0.05, 0.1) is 0 Å². The molecule has 1 aromatic rings. The summed E-state index contributed by atoms with van der Waals surface area (Å²) in [7, 11) is 0. The molecule has 0 unspecified atom stereocenters. The molecule has 1 radical (unpaired) electrons. The lowest BCUT2D eigenvalue weighted by molar-refractivity contribution is 1.45. The summed E-state index contributed by atoms with van der Waals surface area (Å²) in [6.07, 6.45) is 0. The molecule has 0 spiro atoms.